The smallest absolute Gasteiger partial charge is 0.243 e. The monoisotopic (exact) mass is 419 g/mol. The SMILES string of the molecule is CCC(=O)N1c2ccccc2CC1C(=O)NCCN1CCC(Cc2ccccc2)CC1. The lowest BCUT2D eigenvalue weighted by Gasteiger charge is -2.32. The fraction of sp³-hybridized carbons (Fsp3) is 0.462. The molecule has 1 N–H and O–H groups in total. The number of para-hydroxylation sites is 1. The summed E-state index contributed by atoms with van der Waals surface area (Å²) in [6, 6.07) is 18.2. The van der Waals surface area contributed by atoms with Gasteiger partial charge in [-0.15, -0.1) is 0 Å². The summed E-state index contributed by atoms with van der Waals surface area (Å²) in [6.45, 7) is 5.51. The molecular formula is C26H33N3O2. The highest BCUT2D eigenvalue weighted by atomic mass is 16.2. The van der Waals surface area contributed by atoms with Crippen molar-refractivity contribution in [2.75, 3.05) is 31.1 Å². The normalized spacial score (nSPS) is 19.3. The molecule has 1 atom stereocenters. The van der Waals surface area contributed by atoms with Crippen LogP contribution in [0.25, 0.3) is 0 Å². The van der Waals surface area contributed by atoms with Crippen molar-refractivity contribution in [2.24, 2.45) is 5.92 Å². The van der Waals surface area contributed by atoms with E-state index in [2.05, 4.69) is 40.5 Å². The summed E-state index contributed by atoms with van der Waals surface area (Å²) >= 11 is 0. The van der Waals surface area contributed by atoms with Crippen LogP contribution in [0.2, 0.25) is 0 Å². The minimum absolute atomic E-state index is 0.00517. The predicted molar refractivity (Wildman–Crippen MR) is 124 cm³/mol. The van der Waals surface area contributed by atoms with Crippen LogP contribution in [0.3, 0.4) is 0 Å². The standard InChI is InChI=1S/C26H33N3O2/c1-2-25(30)29-23-11-7-6-10-22(23)19-24(29)26(31)27-14-17-28-15-12-21(13-16-28)18-20-8-4-3-5-9-20/h3-11,21,24H,2,12-19H2,1H3,(H,27,31). The largest absolute Gasteiger partial charge is 0.353 e. The van der Waals surface area contributed by atoms with Gasteiger partial charge in [-0.05, 0) is 55.5 Å². The molecule has 1 saturated heterocycles. The molecule has 2 aliphatic heterocycles. The van der Waals surface area contributed by atoms with E-state index in [9.17, 15) is 9.59 Å². The van der Waals surface area contributed by atoms with Crippen molar-refractivity contribution < 1.29 is 9.59 Å². The van der Waals surface area contributed by atoms with Crippen LogP contribution in [0.15, 0.2) is 54.6 Å². The summed E-state index contributed by atoms with van der Waals surface area (Å²) in [5.41, 5.74) is 3.39. The molecule has 0 bridgehead atoms. The molecule has 2 amide bonds. The molecule has 0 radical (unpaired) electrons. The average Bonchev–Trinajstić information content (AvgIpc) is 3.20. The Kier molecular flexibility index (Phi) is 7.03. The number of fused-ring (bicyclic) bond motifs is 1. The highest BCUT2D eigenvalue weighted by molar-refractivity contribution is 6.03. The Hall–Kier alpha value is -2.66. The fourth-order valence-electron chi connectivity index (χ4n) is 4.89. The minimum atomic E-state index is -0.429. The lowest BCUT2D eigenvalue weighted by Crippen LogP contribution is -2.49. The van der Waals surface area contributed by atoms with Crippen LogP contribution in [0.4, 0.5) is 5.69 Å². The molecule has 5 heteroatoms. The van der Waals surface area contributed by atoms with E-state index in [1.165, 1.54) is 18.4 Å². The molecule has 2 aromatic rings. The van der Waals surface area contributed by atoms with Crippen molar-refractivity contribution in [1.82, 2.24) is 10.2 Å². The van der Waals surface area contributed by atoms with Gasteiger partial charge in [0.15, 0.2) is 0 Å². The number of benzene rings is 2. The molecule has 164 valence electrons. The Morgan fingerprint density at radius 2 is 1.71 bits per heavy atom. The van der Waals surface area contributed by atoms with Gasteiger partial charge in [-0.2, -0.15) is 0 Å². The van der Waals surface area contributed by atoms with Crippen LogP contribution in [0.5, 0.6) is 0 Å². The van der Waals surface area contributed by atoms with Gasteiger partial charge < -0.3 is 10.2 Å². The average molecular weight is 420 g/mol. The first-order chi connectivity index (χ1) is 15.2. The molecule has 4 rings (SSSR count). The van der Waals surface area contributed by atoms with Crippen LogP contribution in [-0.2, 0) is 22.4 Å². The molecule has 0 spiro atoms. The quantitative estimate of drug-likeness (QED) is 0.748. The summed E-state index contributed by atoms with van der Waals surface area (Å²) in [4.78, 5) is 29.6. The Morgan fingerprint density at radius 3 is 2.45 bits per heavy atom. The van der Waals surface area contributed by atoms with E-state index < -0.39 is 6.04 Å². The van der Waals surface area contributed by atoms with Gasteiger partial charge in [-0.25, -0.2) is 0 Å². The van der Waals surface area contributed by atoms with Crippen molar-refractivity contribution in [1.29, 1.82) is 0 Å². The molecule has 31 heavy (non-hydrogen) atoms. The number of anilines is 1. The maximum Gasteiger partial charge on any atom is 0.243 e. The summed E-state index contributed by atoms with van der Waals surface area (Å²) in [6.07, 6.45) is 4.57. The van der Waals surface area contributed by atoms with Crippen molar-refractivity contribution in [3.63, 3.8) is 0 Å². The maximum absolute atomic E-state index is 12.9. The number of carbonyl (C=O) groups is 2. The second-order valence-electron chi connectivity index (χ2n) is 8.73. The van der Waals surface area contributed by atoms with E-state index in [4.69, 9.17) is 0 Å². The lowest BCUT2D eigenvalue weighted by atomic mass is 9.90. The van der Waals surface area contributed by atoms with Crippen LogP contribution in [0.1, 0.15) is 37.3 Å². The van der Waals surface area contributed by atoms with E-state index in [-0.39, 0.29) is 11.8 Å². The minimum Gasteiger partial charge on any atom is -0.353 e. The number of amides is 2. The molecule has 1 unspecified atom stereocenters. The Labute approximate surface area is 185 Å². The third-order valence-electron chi connectivity index (χ3n) is 6.65. The van der Waals surface area contributed by atoms with E-state index in [0.717, 1.165) is 43.2 Å². The Bertz CT molecular complexity index is 891. The molecule has 2 aliphatic rings. The van der Waals surface area contributed by atoms with Gasteiger partial charge in [0.2, 0.25) is 11.8 Å². The summed E-state index contributed by atoms with van der Waals surface area (Å²) in [5.74, 6) is 0.710. The van der Waals surface area contributed by atoms with Gasteiger partial charge in [0, 0.05) is 31.6 Å². The highest BCUT2D eigenvalue weighted by Gasteiger charge is 2.37. The van der Waals surface area contributed by atoms with E-state index in [0.29, 0.717) is 19.4 Å². The van der Waals surface area contributed by atoms with Crippen LogP contribution < -0.4 is 10.2 Å². The van der Waals surface area contributed by atoms with Gasteiger partial charge in [-0.1, -0.05) is 55.5 Å². The number of nitrogens with zero attached hydrogens (tertiary/aromatic N) is 2. The van der Waals surface area contributed by atoms with Crippen LogP contribution >= 0.6 is 0 Å². The van der Waals surface area contributed by atoms with Gasteiger partial charge in [0.1, 0.15) is 6.04 Å². The molecule has 2 aromatic carbocycles. The van der Waals surface area contributed by atoms with E-state index in [1.54, 1.807) is 4.90 Å². The second-order valence-corrected chi connectivity index (χ2v) is 8.73. The Morgan fingerprint density at radius 1 is 1.00 bits per heavy atom. The van der Waals surface area contributed by atoms with Gasteiger partial charge in [0.25, 0.3) is 0 Å². The number of nitrogens with one attached hydrogen (secondary N) is 1. The topological polar surface area (TPSA) is 52.7 Å². The zero-order chi connectivity index (χ0) is 21.6. The predicted octanol–water partition coefficient (Wildman–Crippen LogP) is 3.43. The molecule has 2 heterocycles. The van der Waals surface area contributed by atoms with E-state index in [1.807, 2.05) is 31.2 Å². The van der Waals surface area contributed by atoms with Crippen molar-refractivity contribution in [2.45, 2.75) is 45.1 Å². The lowest BCUT2D eigenvalue weighted by molar-refractivity contribution is -0.126. The molecule has 0 aliphatic carbocycles. The summed E-state index contributed by atoms with van der Waals surface area (Å²) in [7, 11) is 0. The first kappa shape index (κ1) is 21.6. The van der Waals surface area contributed by atoms with Crippen molar-refractivity contribution in [3.05, 3.63) is 65.7 Å². The third-order valence-corrected chi connectivity index (χ3v) is 6.65. The van der Waals surface area contributed by atoms with Gasteiger partial charge in [0.05, 0.1) is 0 Å². The first-order valence-electron chi connectivity index (χ1n) is 11.6. The third kappa shape index (κ3) is 5.16. The van der Waals surface area contributed by atoms with Gasteiger partial charge in [-0.3, -0.25) is 14.5 Å². The molecule has 5 nitrogen and oxygen atoms in total. The second kappa shape index (κ2) is 10.1. The molecule has 1 fully saturated rings. The first-order valence-corrected chi connectivity index (χ1v) is 11.6. The Balaban J connectivity index is 1.23. The summed E-state index contributed by atoms with van der Waals surface area (Å²) in [5, 5.41) is 3.09. The molecule has 0 saturated carbocycles. The molecule has 0 aromatic heterocycles. The number of rotatable bonds is 7. The van der Waals surface area contributed by atoms with E-state index >= 15 is 0 Å². The van der Waals surface area contributed by atoms with Crippen molar-refractivity contribution >= 4 is 17.5 Å². The fourth-order valence-corrected chi connectivity index (χ4v) is 4.89. The number of carbonyl (C=O) groups excluding carboxylic acids is 2. The highest BCUT2D eigenvalue weighted by Crippen LogP contribution is 2.32. The number of likely N-dealkylation sites (tertiary alicyclic amines) is 1. The summed E-state index contributed by atoms with van der Waals surface area (Å²) < 4.78 is 0. The zero-order valence-electron chi connectivity index (χ0n) is 18.4. The number of piperidine rings is 1. The zero-order valence-corrected chi connectivity index (χ0v) is 18.4. The number of hydrogen-bond acceptors (Lipinski definition) is 3. The van der Waals surface area contributed by atoms with Crippen LogP contribution in [0, 0.1) is 5.92 Å². The molecular weight excluding hydrogens is 386 g/mol. The van der Waals surface area contributed by atoms with Crippen molar-refractivity contribution in [3.8, 4) is 0 Å². The maximum atomic E-state index is 12.9. The number of hydrogen-bond donors (Lipinski definition) is 1. The van der Waals surface area contributed by atoms with Gasteiger partial charge >= 0.3 is 0 Å². The van der Waals surface area contributed by atoms with Crippen LogP contribution in [-0.4, -0.2) is 48.9 Å².